The normalized spacial score (nSPS) is 12.4. The first-order chi connectivity index (χ1) is 16.4. The van der Waals surface area contributed by atoms with Crippen LogP contribution in [-0.4, -0.2) is 25.6 Å². The van der Waals surface area contributed by atoms with E-state index in [-0.39, 0.29) is 62.2 Å². The topological polar surface area (TPSA) is 207 Å². The quantitative estimate of drug-likeness (QED) is 0.425. The number of hydrogen-bond donors (Lipinski definition) is 0. The second kappa shape index (κ2) is 9.33. The maximum Gasteiger partial charge on any atom is 0.177 e. The zero-order valence-corrected chi connectivity index (χ0v) is 18.3. The smallest absolute Gasteiger partial charge is 0.177 e. The number of nitriles is 6. The second-order valence-corrected chi connectivity index (χ2v) is 7.26. The lowest BCUT2D eigenvalue weighted by Crippen LogP contribution is -2.18. The van der Waals surface area contributed by atoms with Gasteiger partial charge >= 0.3 is 0 Å². The standard InChI is InChI=1S/C23H13N11/c1-4-11(2)13(5-24)14(6-25)30-19-12(3)20-22(32-16(8-27)15(7-26)31-20)23-21(19)33-17(9-28)18(10-29)34-23/h11,13H,4H2,1-3H3. The third kappa shape index (κ3) is 3.68. The average molecular weight is 443 g/mol. The summed E-state index contributed by atoms with van der Waals surface area (Å²) in [5, 5.41) is 57.1. The molecule has 0 radical (unpaired) electrons. The SMILES string of the molecule is CCC(C)C(C#N)C(C#N)=Nc1c(C)c2nc(C#N)c(C#N)nc2c2nc(C#N)c(C#N)nc12. The Balaban J connectivity index is 2.59. The molecule has 0 aliphatic heterocycles. The molecule has 0 bridgehead atoms. The molecule has 2 heterocycles. The number of benzene rings is 1. The van der Waals surface area contributed by atoms with Crippen molar-refractivity contribution in [2.75, 3.05) is 0 Å². The fourth-order valence-electron chi connectivity index (χ4n) is 3.34. The molecule has 0 saturated carbocycles. The highest BCUT2D eigenvalue weighted by Crippen LogP contribution is 2.36. The van der Waals surface area contributed by atoms with Crippen LogP contribution >= 0.6 is 0 Å². The minimum Gasteiger partial charge on any atom is -0.238 e. The van der Waals surface area contributed by atoms with Crippen molar-refractivity contribution in [3.8, 4) is 36.4 Å². The van der Waals surface area contributed by atoms with E-state index in [0.717, 1.165) is 0 Å². The molecule has 0 saturated heterocycles. The number of aliphatic imine (C=N–C) groups is 1. The van der Waals surface area contributed by atoms with Gasteiger partial charge in [-0.15, -0.1) is 0 Å². The molecule has 11 nitrogen and oxygen atoms in total. The van der Waals surface area contributed by atoms with Crippen LogP contribution in [0.2, 0.25) is 0 Å². The van der Waals surface area contributed by atoms with Crippen LogP contribution in [-0.2, 0) is 0 Å². The van der Waals surface area contributed by atoms with Gasteiger partial charge in [0.25, 0.3) is 0 Å². The van der Waals surface area contributed by atoms with Gasteiger partial charge in [0.15, 0.2) is 22.8 Å². The Morgan fingerprint density at radius 3 is 1.62 bits per heavy atom. The maximum atomic E-state index is 9.77. The maximum absolute atomic E-state index is 9.77. The Bertz CT molecular complexity index is 1640. The molecule has 3 aromatic rings. The van der Waals surface area contributed by atoms with Crippen molar-refractivity contribution >= 4 is 33.5 Å². The molecular formula is C23H13N11. The number of rotatable bonds is 4. The Labute approximate surface area is 194 Å². The predicted molar refractivity (Wildman–Crippen MR) is 117 cm³/mol. The highest BCUT2D eigenvalue weighted by atomic mass is 14.9. The molecule has 3 rings (SSSR count). The van der Waals surface area contributed by atoms with Crippen LogP contribution in [0.5, 0.6) is 0 Å². The van der Waals surface area contributed by atoms with Crippen molar-refractivity contribution in [1.29, 1.82) is 31.6 Å². The minimum atomic E-state index is -0.802. The third-order valence-electron chi connectivity index (χ3n) is 5.37. The van der Waals surface area contributed by atoms with Gasteiger partial charge in [0.05, 0.1) is 17.3 Å². The molecule has 1 aromatic carbocycles. The highest BCUT2D eigenvalue weighted by Gasteiger charge is 2.25. The molecular weight excluding hydrogens is 430 g/mol. The first-order valence-corrected chi connectivity index (χ1v) is 9.93. The number of nitrogens with zero attached hydrogens (tertiary/aromatic N) is 11. The Hall–Kier alpha value is -5.49. The molecule has 160 valence electrons. The van der Waals surface area contributed by atoms with Crippen molar-refractivity contribution in [3.05, 3.63) is 28.3 Å². The monoisotopic (exact) mass is 443 g/mol. The summed E-state index contributed by atoms with van der Waals surface area (Å²) in [5.41, 5.74) is -0.250. The van der Waals surface area contributed by atoms with Gasteiger partial charge in [-0.2, -0.15) is 31.6 Å². The largest absolute Gasteiger partial charge is 0.238 e. The van der Waals surface area contributed by atoms with Crippen LogP contribution in [0.15, 0.2) is 4.99 Å². The Morgan fingerprint density at radius 1 is 0.765 bits per heavy atom. The molecule has 2 unspecified atom stereocenters. The molecule has 0 N–H and O–H groups in total. The van der Waals surface area contributed by atoms with Gasteiger partial charge in [0.2, 0.25) is 0 Å². The lowest BCUT2D eigenvalue weighted by molar-refractivity contribution is 0.513. The van der Waals surface area contributed by atoms with E-state index >= 15 is 0 Å². The third-order valence-corrected chi connectivity index (χ3v) is 5.37. The molecule has 0 spiro atoms. The van der Waals surface area contributed by atoms with Gasteiger partial charge in [-0.3, -0.25) is 0 Å². The van der Waals surface area contributed by atoms with Gasteiger partial charge < -0.3 is 0 Å². The fraction of sp³-hybridized carbons (Fsp3) is 0.261. The predicted octanol–water partition coefficient (Wildman–Crippen LogP) is 3.15. The van der Waals surface area contributed by atoms with Gasteiger partial charge in [-0.05, 0) is 12.8 Å². The Kier molecular flexibility index (Phi) is 6.36. The first kappa shape index (κ1) is 23.2. The van der Waals surface area contributed by atoms with E-state index in [2.05, 4.69) is 31.0 Å². The van der Waals surface area contributed by atoms with E-state index in [0.29, 0.717) is 12.0 Å². The van der Waals surface area contributed by atoms with Gasteiger partial charge in [0, 0.05) is 5.56 Å². The summed E-state index contributed by atoms with van der Waals surface area (Å²) >= 11 is 0. The molecule has 0 aliphatic carbocycles. The fourth-order valence-corrected chi connectivity index (χ4v) is 3.34. The van der Waals surface area contributed by atoms with Crippen molar-refractivity contribution in [2.24, 2.45) is 16.8 Å². The molecule has 34 heavy (non-hydrogen) atoms. The second-order valence-electron chi connectivity index (χ2n) is 7.26. The summed E-state index contributed by atoms with van der Waals surface area (Å²) in [7, 11) is 0. The molecule has 0 amide bonds. The minimum absolute atomic E-state index is 0.0257. The van der Waals surface area contributed by atoms with Gasteiger partial charge in [-0.25, -0.2) is 24.9 Å². The van der Waals surface area contributed by atoms with Crippen LogP contribution in [0.4, 0.5) is 5.69 Å². The summed E-state index contributed by atoms with van der Waals surface area (Å²) in [6.45, 7) is 5.32. The molecule has 2 aromatic heterocycles. The lowest BCUT2D eigenvalue weighted by Gasteiger charge is -2.15. The Morgan fingerprint density at radius 2 is 1.21 bits per heavy atom. The summed E-state index contributed by atoms with van der Waals surface area (Å²) in [4.78, 5) is 21.4. The van der Waals surface area contributed by atoms with Gasteiger partial charge in [0.1, 0.15) is 58.5 Å². The molecule has 0 aliphatic rings. The number of hydrogen-bond acceptors (Lipinski definition) is 11. The lowest BCUT2D eigenvalue weighted by atomic mass is 9.89. The summed E-state index contributed by atoms with van der Waals surface area (Å²) in [5.74, 6) is -0.965. The van der Waals surface area contributed by atoms with Crippen LogP contribution in [0.3, 0.4) is 0 Å². The van der Waals surface area contributed by atoms with Crippen LogP contribution in [0, 0.1) is 86.7 Å². The highest BCUT2D eigenvalue weighted by molar-refractivity contribution is 6.11. The summed E-state index contributed by atoms with van der Waals surface area (Å²) in [6.07, 6.45) is 0.633. The van der Waals surface area contributed by atoms with Crippen molar-refractivity contribution in [3.63, 3.8) is 0 Å². The number of aromatic nitrogens is 4. The zero-order chi connectivity index (χ0) is 25.0. The van der Waals surface area contributed by atoms with Gasteiger partial charge in [-0.1, -0.05) is 20.3 Å². The van der Waals surface area contributed by atoms with Crippen molar-refractivity contribution in [2.45, 2.75) is 27.2 Å². The number of fused-ring (bicyclic) bond motifs is 3. The van der Waals surface area contributed by atoms with E-state index in [9.17, 15) is 31.6 Å². The summed E-state index contributed by atoms with van der Waals surface area (Å²) < 4.78 is 0. The molecule has 0 fully saturated rings. The van der Waals surface area contributed by atoms with E-state index in [4.69, 9.17) is 0 Å². The molecule has 2 atom stereocenters. The van der Waals surface area contributed by atoms with E-state index in [1.165, 1.54) is 0 Å². The van der Waals surface area contributed by atoms with Crippen molar-refractivity contribution < 1.29 is 0 Å². The van der Waals surface area contributed by atoms with Crippen LogP contribution < -0.4 is 0 Å². The average Bonchev–Trinajstić information content (AvgIpc) is 2.88. The van der Waals surface area contributed by atoms with E-state index < -0.39 is 5.92 Å². The number of aryl methyl sites for hydroxylation is 1. The zero-order valence-electron chi connectivity index (χ0n) is 18.3. The van der Waals surface area contributed by atoms with Crippen LogP contribution in [0.1, 0.15) is 48.6 Å². The first-order valence-electron chi connectivity index (χ1n) is 9.93. The van der Waals surface area contributed by atoms with Crippen LogP contribution in [0.25, 0.3) is 22.1 Å². The van der Waals surface area contributed by atoms with Crippen molar-refractivity contribution in [1.82, 2.24) is 19.9 Å². The van der Waals surface area contributed by atoms with E-state index in [1.54, 1.807) is 19.1 Å². The molecule has 11 heteroatoms. The summed E-state index contributed by atoms with van der Waals surface area (Å²) in [6, 6.07) is 11.3. The van der Waals surface area contributed by atoms with E-state index in [1.807, 2.05) is 32.1 Å².